The molecule has 0 bridgehead atoms. The van der Waals surface area contributed by atoms with E-state index in [9.17, 15) is 19.3 Å². The van der Waals surface area contributed by atoms with Crippen LogP contribution in [-0.2, 0) is 4.79 Å². The van der Waals surface area contributed by atoms with E-state index in [1.165, 1.54) is 42.5 Å². The van der Waals surface area contributed by atoms with Crippen molar-refractivity contribution in [2.75, 3.05) is 11.9 Å². The number of ether oxygens (including phenoxy) is 1. The zero-order valence-electron chi connectivity index (χ0n) is 11.5. The number of halogens is 1. The highest BCUT2D eigenvalue weighted by molar-refractivity contribution is 5.90. The monoisotopic (exact) mass is 304 g/mol. The Labute approximate surface area is 125 Å². The van der Waals surface area contributed by atoms with Gasteiger partial charge in [0.05, 0.1) is 23.6 Å². The number of nitrogens with zero attached hydrogens (tertiary/aromatic N) is 1. The van der Waals surface area contributed by atoms with Gasteiger partial charge in [0.25, 0.3) is 5.69 Å². The minimum Gasteiger partial charge on any atom is -0.493 e. The molecule has 2 aromatic rings. The summed E-state index contributed by atoms with van der Waals surface area (Å²) < 4.78 is 18.6. The molecule has 2 aromatic carbocycles. The summed E-state index contributed by atoms with van der Waals surface area (Å²) in [4.78, 5) is 21.6. The van der Waals surface area contributed by atoms with Crippen molar-refractivity contribution in [1.29, 1.82) is 0 Å². The average Bonchev–Trinajstić information content (AvgIpc) is 2.50. The van der Waals surface area contributed by atoms with E-state index >= 15 is 0 Å². The number of hydrogen-bond donors (Lipinski definition) is 1. The van der Waals surface area contributed by atoms with Crippen LogP contribution in [0.3, 0.4) is 0 Å². The van der Waals surface area contributed by atoms with E-state index in [0.29, 0.717) is 5.75 Å². The fourth-order valence-corrected chi connectivity index (χ4v) is 1.70. The van der Waals surface area contributed by atoms with Gasteiger partial charge in [-0.05, 0) is 24.3 Å². The van der Waals surface area contributed by atoms with Gasteiger partial charge in [-0.2, -0.15) is 0 Å². The lowest BCUT2D eigenvalue weighted by Crippen LogP contribution is -2.15. The van der Waals surface area contributed by atoms with Crippen LogP contribution in [0.25, 0.3) is 0 Å². The van der Waals surface area contributed by atoms with Gasteiger partial charge in [0, 0.05) is 12.1 Å². The van der Waals surface area contributed by atoms with Crippen molar-refractivity contribution in [3.63, 3.8) is 0 Å². The van der Waals surface area contributed by atoms with E-state index in [2.05, 4.69) is 5.32 Å². The van der Waals surface area contributed by atoms with Crippen LogP contribution in [0, 0.1) is 15.9 Å². The highest BCUT2D eigenvalue weighted by Gasteiger charge is 2.07. The third-order valence-corrected chi connectivity index (χ3v) is 2.79. The number of non-ortho nitro benzene ring substituents is 1. The molecule has 0 atom stereocenters. The summed E-state index contributed by atoms with van der Waals surface area (Å²) in [5, 5.41) is 12.9. The first-order valence-electron chi connectivity index (χ1n) is 6.48. The van der Waals surface area contributed by atoms with Crippen LogP contribution in [0.4, 0.5) is 15.8 Å². The van der Waals surface area contributed by atoms with Gasteiger partial charge in [-0.15, -0.1) is 0 Å². The predicted molar refractivity (Wildman–Crippen MR) is 78.2 cm³/mol. The van der Waals surface area contributed by atoms with Gasteiger partial charge in [0.1, 0.15) is 11.6 Å². The first-order valence-corrected chi connectivity index (χ1v) is 6.48. The van der Waals surface area contributed by atoms with Gasteiger partial charge in [-0.25, -0.2) is 4.39 Å². The van der Waals surface area contributed by atoms with Crippen LogP contribution in [0.1, 0.15) is 6.42 Å². The van der Waals surface area contributed by atoms with E-state index in [0.717, 1.165) is 0 Å². The second-order valence-corrected chi connectivity index (χ2v) is 4.38. The first-order chi connectivity index (χ1) is 10.6. The van der Waals surface area contributed by atoms with Crippen molar-refractivity contribution in [1.82, 2.24) is 0 Å². The number of nitro benzene ring substituents is 1. The van der Waals surface area contributed by atoms with Gasteiger partial charge in [-0.3, -0.25) is 14.9 Å². The van der Waals surface area contributed by atoms with Crippen LogP contribution in [0.5, 0.6) is 5.75 Å². The third-order valence-electron chi connectivity index (χ3n) is 2.79. The average molecular weight is 304 g/mol. The summed E-state index contributed by atoms with van der Waals surface area (Å²) in [7, 11) is 0. The van der Waals surface area contributed by atoms with Gasteiger partial charge in [0.2, 0.25) is 5.91 Å². The van der Waals surface area contributed by atoms with E-state index in [1.54, 1.807) is 6.07 Å². The number of anilines is 1. The molecule has 1 amide bonds. The molecule has 0 saturated carbocycles. The molecular weight excluding hydrogens is 291 g/mol. The Morgan fingerprint density at radius 2 is 1.86 bits per heavy atom. The predicted octanol–water partition coefficient (Wildman–Crippen LogP) is 3.14. The molecule has 0 heterocycles. The zero-order valence-corrected chi connectivity index (χ0v) is 11.5. The van der Waals surface area contributed by atoms with Gasteiger partial charge in [0.15, 0.2) is 0 Å². The lowest BCUT2D eigenvalue weighted by molar-refractivity contribution is -0.384. The topological polar surface area (TPSA) is 81.5 Å². The summed E-state index contributed by atoms with van der Waals surface area (Å²) in [6, 6.07) is 11.4. The number of nitrogens with one attached hydrogen (secondary N) is 1. The Bertz CT molecular complexity index is 673. The number of carbonyl (C=O) groups is 1. The number of benzene rings is 2. The van der Waals surface area contributed by atoms with Crippen LogP contribution in [0.15, 0.2) is 48.5 Å². The Morgan fingerprint density at radius 1 is 1.18 bits per heavy atom. The fourth-order valence-electron chi connectivity index (χ4n) is 1.70. The zero-order chi connectivity index (χ0) is 15.9. The minimum atomic E-state index is -0.508. The molecule has 0 saturated heterocycles. The van der Waals surface area contributed by atoms with E-state index in [1.807, 2.05) is 0 Å². The summed E-state index contributed by atoms with van der Waals surface area (Å²) in [5.74, 6) is -0.469. The summed E-state index contributed by atoms with van der Waals surface area (Å²) >= 11 is 0. The Hall–Kier alpha value is -2.96. The highest BCUT2D eigenvalue weighted by atomic mass is 19.1. The normalized spacial score (nSPS) is 10.0. The molecular formula is C15H13FN2O4. The molecule has 114 valence electrons. The maximum absolute atomic E-state index is 13.3. The summed E-state index contributed by atoms with van der Waals surface area (Å²) in [6.45, 7) is 0.0814. The van der Waals surface area contributed by atoms with Crippen molar-refractivity contribution in [2.24, 2.45) is 0 Å². The first kappa shape index (κ1) is 15.4. The van der Waals surface area contributed by atoms with Gasteiger partial charge >= 0.3 is 0 Å². The second-order valence-electron chi connectivity index (χ2n) is 4.38. The molecule has 7 heteroatoms. The molecule has 0 radical (unpaired) electrons. The molecule has 0 aliphatic carbocycles. The van der Waals surface area contributed by atoms with Crippen molar-refractivity contribution in [2.45, 2.75) is 6.42 Å². The molecule has 0 spiro atoms. The molecule has 6 nitrogen and oxygen atoms in total. The Morgan fingerprint density at radius 3 is 2.50 bits per heavy atom. The minimum absolute atomic E-state index is 0.0331. The quantitative estimate of drug-likeness (QED) is 0.656. The van der Waals surface area contributed by atoms with E-state index in [-0.39, 0.29) is 30.3 Å². The Balaban J connectivity index is 1.79. The van der Waals surface area contributed by atoms with Crippen molar-refractivity contribution in [3.8, 4) is 5.75 Å². The van der Waals surface area contributed by atoms with Gasteiger partial charge < -0.3 is 10.1 Å². The van der Waals surface area contributed by atoms with Gasteiger partial charge in [-0.1, -0.05) is 12.1 Å². The highest BCUT2D eigenvalue weighted by Crippen LogP contribution is 2.17. The van der Waals surface area contributed by atoms with Crippen LogP contribution in [-0.4, -0.2) is 17.4 Å². The SMILES string of the molecule is O=C(CCOc1ccc([N+](=O)[O-])cc1)Nc1ccccc1F. The molecule has 0 unspecified atom stereocenters. The van der Waals surface area contributed by atoms with Crippen LogP contribution >= 0.6 is 0 Å². The fraction of sp³-hybridized carbons (Fsp3) is 0.133. The number of hydrogen-bond acceptors (Lipinski definition) is 4. The Kier molecular flexibility index (Phi) is 5.02. The molecule has 2 rings (SSSR count). The second kappa shape index (κ2) is 7.16. The number of carbonyl (C=O) groups excluding carboxylic acids is 1. The largest absolute Gasteiger partial charge is 0.493 e. The number of rotatable bonds is 6. The number of para-hydroxylation sites is 1. The lowest BCUT2D eigenvalue weighted by Gasteiger charge is -2.07. The summed E-state index contributed by atoms with van der Waals surface area (Å²) in [5.41, 5.74) is 0.0764. The number of nitro groups is 1. The molecule has 1 N–H and O–H groups in total. The molecule has 0 aromatic heterocycles. The molecule has 22 heavy (non-hydrogen) atoms. The van der Waals surface area contributed by atoms with E-state index < -0.39 is 10.7 Å². The maximum atomic E-state index is 13.3. The molecule has 0 fully saturated rings. The van der Waals surface area contributed by atoms with Crippen LogP contribution < -0.4 is 10.1 Å². The van der Waals surface area contributed by atoms with Crippen molar-refractivity contribution in [3.05, 3.63) is 64.5 Å². The van der Waals surface area contributed by atoms with Crippen molar-refractivity contribution < 1.29 is 18.8 Å². The molecule has 0 aliphatic heterocycles. The van der Waals surface area contributed by atoms with Crippen molar-refractivity contribution >= 4 is 17.3 Å². The lowest BCUT2D eigenvalue weighted by atomic mass is 10.3. The third kappa shape index (κ3) is 4.27. The summed E-state index contributed by atoms with van der Waals surface area (Å²) in [6.07, 6.45) is 0.0331. The van der Waals surface area contributed by atoms with Crippen LogP contribution in [0.2, 0.25) is 0 Å². The number of amides is 1. The molecule has 0 aliphatic rings. The van der Waals surface area contributed by atoms with E-state index in [4.69, 9.17) is 4.74 Å². The maximum Gasteiger partial charge on any atom is 0.269 e. The smallest absolute Gasteiger partial charge is 0.269 e. The standard InChI is InChI=1S/C15H13FN2O4/c16-13-3-1-2-4-14(13)17-15(19)9-10-22-12-7-5-11(6-8-12)18(20)21/h1-8H,9-10H2,(H,17,19).